The van der Waals surface area contributed by atoms with Crippen molar-refractivity contribution < 1.29 is 65.6 Å². The van der Waals surface area contributed by atoms with Gasteiger partial charge in [-0.15, -0.1) is 0 Å². The molecule has 0 aliphatic rings. The lowest BCUT2D eigenvalue weighted by molar-refractivity contribution is -0.137. The summed E-state index contributed by atoms with van der Waals surface area (Å²) in [6.07, 6.45) is -2.53. The number of hydrogen-bond acceptors (Lipinski definition) is 17. The van der Waals surface area contributed by atoms with E-state index in [1.807, 2.05) is 261 Å². The molecule has 0 unspecified atom stereocenters. The molecule has 24 heteroatoms. The van der Waals surface area contributed by atoms with Crippen LogP contribution < -0.4 is 56.4 Å². The number of pyridine rings is 2. The van der Waals surface area contributed by atoms with Crippen molar-refractivity contribution in [2.45, 2.75) is 68.5 Å². The SMILES string of the molecule is C.CC.COc1cc(Cc2cnc(N)nc2N)cc(-c2cccc(NC(=O)c3ccc(C)cc3)c2)c1OC.COc1ccc(C(=O)c2ccccc2-c2ccccc2)cc1.COc1ccccc1-c1cc(C(=O)c2ccc(-c3ccc(C)cc3)c(C(F)(F)F)c2)ccc1OC.Cc1ccc(C(=O)Nc2cccc(-c3ccccc3)c2)cc1.Cc1cccc(NC(=O)c2ccc(C(=O)Nc3cccc(C)n3)cc2)n1. The molecule has 8 N–H and O–H groups in total. The van der Waals surface area contributed by atoms with Gasteiger partial charge in [-0.3, -0.25) is 28.8 Å². The number of para-hydroxylation sites is 1. The van der Waals surface area contributed by atoms with Crippen LogP contribution in [0.5, 0.6) is 28.7 Å². The number of methoxy groups -OCH3 is 5. The van der Waals surface area contributed by atoms with Gasteiger partial charge >= 0.3 is 6.18 Å². The Bertz CT molecular complexity index is 7160. The second-order valence-electron chi connectivity index (χ2n) is 32.2. The van der Waals surface area contributed by atoms with Crippen LogP contribution in [0.15, 0.2) is 370 Å². The molecule has 3 aromatic heterocycles. The number of carbonyl (C=O) groups excluding carboxylic acids is 6. The molecule has 0 saturated carbocycles. The van der Waals surface area contributed by atoms with Crippen LogP contribution in [-0.2, 0) is 12.6 Å². The predicted octanol–water partition coefficient (Wildman–Crippen LogP) is 26.8. The highest BCUT2D eigenvalue weighted by Crippen LogP contribution is 2.43. The van der Waals surface area contributed by atoms with Crippen molar-refractivity contribution in [3.8, 4) is 84.4 Å². The van der Waals surface area contributed by atoms with Crippen molar-refractivity contribution in [3.63, 3.8) is 0 Å². The summed E-state index contributed by atoms with van der Waals surface area (Å²) in [6, 6.07) is 109. The van der Waals surface area contributed by atoms with Gasteiger partial charge in [0.05, 0.1) is 41.1 Å². The molecule has 14 aromatic carbocycles. The van der Waals surface area contributed by atoms with E-state index in [0.29, 0.717) is 103 Å². The number of amides is 4. The number of benzene rings is 14. The Kier molecular flexibility index (Phi) is 37.6. The second kappa shape index (κ2) is 50.9. The molecule has 0 spiro atoms. The maximum absolute atomic E-state index is 14.0. The Morgan fingerprint density at radius 3 is 1.27 bits per heavy atom. The summed E-state index contributed by atoms with van der Waals surface area (Å²) < 4.78 is 69.3. The number of hydrogen-bond donors (Lipinski definition) is 6. The molecule has 17 rings (SSSR count). The van der Waals surface area contributed by atoms with Crippen LogP contribution in [0.2, 0.25) is 0 Å². The number of rotatable bonds is 24. The van der Waals surface area contributed by atoms with E-state index in [1.54, 1.807) is 149 Å². The average Bonchev–Trinajstić information content (AvgIpc) is 0.779. The van der Waals surface area contributed by atoms with E-state index in [1.165, 1.54) is 26.4 Å². The molecule has 724 valence electrons. The molecule has 3 heterocycles. The van der Waals surface area contributed by atoms with Gasteiger partial charge in [0.1, 0.15) is 34.7 Å². The van der Waals surface area contributed by atoms with Gasteiger partial charge in [-0.1, -0.05) is 238 Å². The van der Waals surface area contributed by atoms with Crippen LogP contribution >= 0.6 is 0 Å². The lowest BCUT2D eigenvalue weighted by Crippen LogP contribution is -2.15. The van der Waals surface area contributed by atoms with Gasteiger partial charge in [-0.05, 0) is 243 Å². The first-order valence-electron chi connectivity index (χ1n) is 45.3. The summed E-state index contributed by atoms with van der Waals surface area (Å²) in [5.41, 5.74) is 30.1. The fourth-order valence-electron chi connectivity index (χ4n) is 14.9. The summed E-state index contributed by atoms with van der Waals surface area (Å²) >= 11 is 0. The Morgan fingerprint density at radius 1 is 0.329 bits per heavy atom. The van der Waals surface area contributed by atoms with Gasteiger partial charge in [-0.25, -0.2) is 15.0 Å². The number of ketones is 2. The van der Waals surface area contributed by atoms with E-state index in [2.05, 4.69) is 53.3 Å². The number of anilines is 6. The minimum atomic E-state index is -4.63. The van der Waals surface area contributed by atoms with E-state index >= 15 is 0 Å². The van der Waals surface area contributed by atoms with Crippen molar-refractivity contribution >= 4 is 70.0 Å². The molecule has 0 atom stereocenters. The summed E-state index contributed by atoms with van der Waals surface area (Å²) in [7, 11) is 7.84. The van der Waals surface area contributed by atoms with Crippen LogP contribution in [0.4, 0.5) is 47.9 Å². The van der Waals surface area contributed by atoms with E-state index < -0.39 is 17.5 Å². The number of alkyl halides is 3. The summed E-state index contributed by atoms with van der Waals surface area (Å²) in [6.45, 7) is 13.6. The molecular formula is C119H111F3N10O11. The first kappa shape index (κ1) is 106. The normalized spacial score (nSPS) is 10.4. The monoisotopic (exact) mass is 1910 g/mol. The van der Waals surface area contributed by atoms with Gasteiger partial charge in [0.25, 0.3) is 23.6 Å². The van der Waals surface area contributed by atoms with Gasteiger partial charge in [0, 0.05) is 102 Å². The molecule has 4 amide bonds. The number of carbonyl (C=O) groups is 6. The molecule has 0 saturated heterocycles. The summed E-state index contributed by atoms with van der Waals surface area (Å²) in [5, 5.41) is 11.4. The molecule has 17 aromatic rings. The van der Waals surface area contributed by atoms with Crippen LogP contribution in [0.1, 0.15) is 139 Å². The van der Waals surface area contributed by atoms with Gasteiger partial charge < -0.3 is 56.4 Å². The van der Waals surface area contributed by atoms with Crippen LogP contribution in [0.3, 0.4) is 0 Å². The highest BCUT2D eigenvalue weighted by atomic mass is 19.4. The minimum absolute atomic E-state index is 0. The zero-order valence-electron chi connectivity index (χ0n) is 80.5. The topological polar surface area (TPSA) is 300 Å². The lowest BCUT2D eigenvalue weighted by atomic mass is 9.92. The Hall–Kier alpha value is -17.9. The summed E-state index contributed by atoms with van der Waals surface area (Å²) in [4.78, 5) is 92.2. The maximum atomic E-state index is 14.0. The zero-order chi connectivity index (χ0) is 101. The fraction of sp³-hybridized carbons (Fsp3) is 0.126. The highest BCUT2D eigenvalue weighted by molar-refractivity contribution is 6.14. The van der Waals surface area contributed by atoms with E-state index in [9.17, 15) is 41.9 Å². The second-order valence-corrected chi connectivity index (χ2v) is 32.2. The first-order chi connectivity index (χ1) is 68.6. The van der Waals surface area contributed by atoms with Crippen LogP contribution in [0.25, 0.3) is 55.6 Å². The van der Waals surface area contributed by atoms with Crippen molar-refractivity contribution in [3.05, 3.63) is 459 Å². The van der Waals surface area contributed by atoms with Crippen molar-refractivity contribution in [2.75, 3.05) is 68.3 Å². The smallest absolute Gasteiger partial charge is 0.417 e. The van der Waals surface area contributed by atoms with Gasteiger partial charge in [-0.2, -0.15) is 18.2 Å². The highest BCUT2D eigenvalue weighted by Gasteiger charge is 2.35. The average molecular weight is 1910 g/mol. The largest absolute Gasteiger partial charge is 0.497 e. The molecule has 0 aliphatic carbocycles. The Labute approximate surface area is 831 Å². The minimum Gasteiger partial charge on any atom is -0.497 e. The Balaban J connectivity index is 0.000000172. The Morgan fingerprint density at radius 2 is 0.755 bits per heavy atom. The number of ether oxygens (including phenoxy) is 5. The molecule has 0 aliphatic heterocycles. The molecule has 0 fully saturated rings. The molecule has 21 nitrogen and oxygen atoms in total. The molecule has 0 radical (unpaired) electrons. The number of halogens is 3. The fourth-order valence-corrected chi connectivity index (χ4v) is 14.9. The number of nitrogens with one attached hydrogen (secondary N) is 4. The maximum Gasteiger partial charge on any atom is 0.417 e. The van der Waals surface area contributed by atoms with E-state index in [0.717, 1.165) is 90.1 Å². The molecule has 0 bridgehead atoms. The van der Waals surface area contributed by atoms with E-state index in [-0.39, 0.29) is 59.5 Å². The van der Waals surface area contributed by atoms with Gasteiger partial charge in [0.15, 0.2) is 23.1 Å². The third kappa shape index (κ3) is 28.9. The van der Waals surface area contributed by atoms with Crippen LogP contribution in [0, 0.1) is 34.6 Å². The number of aryl methyl sites for hydroxylation is 5. The number of nitrogens with two attached hydrogens (primary N) is 2. The van der Waals surface area contributed by atoms with Crippen molar-refractivity contribution in [1.29, 1.82) is 0 Å². The van der Waals surface area contributed by atoms with Gasteiger partial charge in [0.2, 0.25) is 5.95 Å². The summed E-state index contributed by atoms with van der Waals surface area (Å²) in [5.74, 6) is 3.08. The molecular weight excluding hydrogens is 1800 g/mol. The zero-order valence-corrected chi connectivity index (χ0v) is 80.5. The van der Waals surface area contributed by atoms with Crippen LogP contribution in [-0.4, -0.2) is 90.7 Å². The third-order valence-electron chi connectivity index (χ3n) is 22.2. The standard InChI is InChI=1S/C29H23F3O3.C27H27N5O3.C20H18N4O2.C20H17NO.C20H16O2.C2H6.CH4/c1-18-8-10-19(11-9-18)22-14-12-21(17-25(22)29(30,31)32)28(33)20-13-15-27(35-3)24(16-20)23-6-4-5-7-26(23)34-2;1-16-7-9-18(10-8-16)26(33)31-21-6-4-5-19(14-21)22-12-17(13-23(34-2)24(22)35-3)11-20-15-30-27(29)32-25(20)28;1-13-5-3-7-17(21-13)23-19(25)15-9-11-16(12-10-15)20(26)24-18-8-4-6-14(2)22-18;1-15-10-12-17(13-11-15)20(22)21-19-9-5-8-18(14-19)16-6-3-2-4-7-16;1-22-17-13-11-16(12-14-17)20(21)19-10-6-5-9-18(19)15-7-3-2-4-8-15;1-2;/h4-17H,1-3H3;4-10,12-15H,11H2,1-3H3,(H,31,33)(H4,28,29,30,32);3-12H,1-2H3,(H,21,23,25)(H,22,24,26);2-14H,1H3,(H,21,22);2-14H,1H3;1-2H3;1H4. The first-order valence-corrected chi connectivity index (χ1v) is 45.3. The predicted molar refractivity (Wildman–Crippen MR) is 565 cm³/mol. The van der Waals surface area contributed by atoms with Crippen molar-refractivity contribution in [1.82, 2.24) is 19.9 Å². The number of nitrogen functional groups attached to an aromatic ring is 2. The lowest BCUT2D eigenvalue weighted by Gasteiger charge is -2.16. The van der Waals surface area contributed by atoms with E-state index in [4.69, 9.17) is 35.2 Å². The number of aromatic nitrogens is 4. The third-order valence-corrected chi connectivity index (χ3v) is 22.2. The molecule has 143 heavy (non-hydrogen) atoms. The van der Waals surface area contributed by atoms with Crippen molar-refractivity contribution in [2.24, 2.45) is 0 Å². The number of nitrogens with zero attached hydrogens (tertiary/aromatic N) is 4. The quantitative estimate of drug-likeness (QED) is 0.0306.